The summed E-state index contributed by atoms with van der Waals surface area (Å²) in [6.07, 6.45) is 0. The summed E-state index contributed by atoms with van der Waals surface area (Å²) < 4.78 is 25.3. The van der Waals surface area contributed by atoms with Crippen molar-refractivity contribution in [1.29, 1.82) is 0 Å². The van der Waals surface area contributed by atoms with Crippen molar-refractivity contribution in [3.05, 3.63) is 66.0 Å². The van der Waals surface area contributed by atoms with Crippen molar-refractivity contribution in [3.8, 4) is 0 Å². The molecule has 2 aromatic carbocycles. The second kappa shape index (κ2) is 6.59. The second-order valence-electron chi connectivity index (χ2n) is 4.31. The van der Waals surface area contributed by atoms with Gasteiger partial charge < -0.3 is 5.73 Å². The zero-order valence-electron chi connectivity index (χ0n) is 10.5. The zero-order valence-corrected chi connectivity index (χ0v) is 11.3. The topological polar surface area (TPSA) is 43.1 Å². The molecule has 2 nitrogen and oxygen atoms in total. The van der Waals surface area contributed by atoms with E-state index in [1.54, 1.807) is 12.1 Å². The Morgan fingerprint density at radius 3 is 2.47 bits per heavy atom. The third-order valence-corrected chi connectivity index (χ3v) is 4.45. The van der Waals surface area contributed by atoms with Crippen LogP contribution in [0.4, 0.5) is 4.39 Å². The number of halogens is 1. The summed E-state index contributed by atoms with van der Waals surface area (Å²) in [6, 6.07) is 15.7. The first-order valence-corrected chi connectivity index (χ1v) is 7.41. The first kappa shape index (κ1) is 13.9. The molecule has 100 valence electrons. The van der Waals surface area contributed by atoms with Gasteiger partial charge in [0.05, 0.1) is 10.8 Å². The van der Waals surface area contributed by atoms with Crippen LogP contribution in [0.1, 0.15) is 11.5 Å². The Morgan fingerprint density at radius 2 is 1.84 bits per heavy atom. The smallest absolute Gasteiger partial charge is 0.124 e. The maximum atomic E-state index is 13.1. The molecule has 19 heavy (non-hydrogen) atoms. The predicted octanol–water partition coefficient (Wildman–Crippen LogP) is 2.68. The van der Waals surface area contributed by atoms with Crippen LogP contribution in [-0.2, 0) is 10.8 Å². The van der Waals surface area contributed by atoms with E-state index in [2.05, 4.69) is 0 Å². The minimum absolute atomic E-state index is 0.0188. The van der Waals surface area contributed by atoms with Gasteiger partial charge in [0.1, 0.15) is 5.82 Å². The number of rotatable bonds is 5. The molecule has 0 bridgehead atoms. The maximum absolute atomic E-state index is 13.1. The van der Waals surface area contributed by atoms with Crippen molar-refractivity contribution >= 4 is 10.8 Å². The molecule has 4 heteroatoms. The molecule has 0 saturated carbocycles. The average molecular weight is 277 g/mol. The van der Waals surface area contributed by atoms with Gasteiger partial charge in [0.2, 0.25) is 0 Å². The molecular formula is C15H16FNOS. The Labute approximate surface area is 114 Å². The number of hydrogen-bond donors (Lipinski definition) is 1. The Balaban J connectivity index is 2.13. The number of nitrogens with two attached hydrogens (primary N) is 1. The van der Waals surface area contributed by atoms with Crippen molar-refractivity contribution in [1.82, 2.24) is 0 Å². The van der Waals surface area contributed by atoms with Crippen molar-refractivity contribution in [2.45, 2.75) is 10.8 Å². The molecule has 0 aromatic heterocycles. The summed E-state index contributed by atoms with van der Waals surface area (Å²) in [6.45, 7) is 0.422. The summed E-state index contributed by atoms with van der Waals surface area (Å²) in [7, 11) is -1.24. The molecular weight excluding hydrogens is 261 g/mol. The third-order valence-electron chi connectivity index (χ3n) is 2.97. The highest BCUT2D eigenvalue weighted by molar-refractivity contribution is 7.85. The summed E-state index contributed by atoms with van der Waals surface area (Å²) in [5.41, 5.74) is 6.82. The first-order chi connectivity index (χ1) is 9.20. The van der Waals surface area contributed by atoms with Crippen LogP contribution in [-0.4, -0.2) is 16.5 Å². The maximum Gasteiger partial charge on any atom is 0.124 e. The number of benzene rings is 2. The standard InChI is InChI=1S/C15H16FNOS/c16-14-7-4-8-15(9-14)19(18)11-13(10-17)12-5-2-1-3-6-12/h1-9,13H,10-11,17H2. The van der Waals surface area contributed by atoms with Gasteiger partial charge in [0, 0.05) is 23.1 Å². The molecule has 0 spiro atoms. The van der Waals surface area contributed by atoms with E-state index in [4.69, 9.17) is 5.73 Å². The zero-order chi connectivity index (χ0) is 13.7. The molecule has 2 unspecified atom stereocenters. The van der Waals surface area contributed by atoms with E-state index < -0.39 is 10.8 Å². The fraction of sp³-hybridized carbons (Fsp3) is 0.200. The third kappa shape index (κ3) is 3.72. The lowest BCUT2D eigenvalue weighted by Gasteiger charge is -2.14. The Morgan fingerprint density at radius 1 is 1.11 bits per heavy atom. The molecule has 0 saturated heterocycles. The molecule has 2 atom stereocenters. The van der Waals surface area contributed by atoms with Gasteiger partial charge in [-0.25, -0.2) is 4.39 Å². The minimum Gasteiger partial charge on any atom is -0.330 e. The van der Waals surface area contributed by atoms with Crippen LogP contribution in [0.25, 0.3) is 0 Å². The highest BCUT2D eigenvalue weighted by atomic mass is 32.2. The van der Waals surface area contributed by atoms with E-state index >= 15 is 0 Å². The summed E-state index contributed by atoms with van der Waals surface area (Å²) in [4.78, 5) is 0.509. The van der Waals surface area contributed by atoms with E-state index in [9.17, 15) is 8.60 Å². The quantitative estimate of drug-likeness (QED) is 0.913. The van der Waals surface area contributed by atoms with E-state index in [0.717, 1.165) is 5.56 Å². The predicted molar refractivity (Wildman–Crippen MR) is 75.9 cm³/mol. The molecule has 0 aliphatic rings. The normalized spacial score (nSPS) is 14.0. The Hall–Kier alpha value is -1.52. The minimum atomic E-state index is -1.24. The lowest BCUT2D eigenvalue weighted by molar-refractivity contribution is 0.622. The van der Waals surface area contributed by atoms with E-state index in [1.807, 2.05) is 30.3 Å². The number of hydrogen-bond acceptors (Lipinski definition) is 2. The van der Waals surface area contributed by atoms with Crippen LogP contribution in [0, 0.1) is 5.82 Å². The monoisotopic (exact) mass is 277 g/mol. The van der Waals surface area contributed by atoms with Gasteiger partial charge >= 0.3 is 0 Å². The molecule has 2 N–H and O–H groups in total. The average Bonchev–Trinajstić information content (AvgIpc) is 2.45. The van der Waals surface area contributed by atoms with E-state index in [-0.39, 0.29) is 11.7 Å². The fourth-order valence-electron chi connectivity index (χ4n) is 1.91. The van der Waals surface area contributed by atoms with Gasteiger partial charge in [0.25, 0.3) is 0 Å². The van der Waals surface area contributed by atoms with Crippen molar-refractivity contribution < 1.29 is 8.60 Å². The Kier molecular flexibility index (Phi) is 4.82. The summed E-state index contributed by atoms with van der Waals surface area (Å²) >= 11 is 0. The summed E-state index contributed by atoms with van der Waals surface area (Å²) in [5, 5.41) is 0. The van der Waals surface area contributed by atoms with Crippen LogP contribution >= 0.6 is 0 Å². The largest absolute Gasteiger partial charge is 0.330 e. The lowest BCUT2D eigenvalue weighted by Crippen LogP contribution is -2.19. The molecule has 0 radical (unpaired) electrons. The van der Waals surface area contributed by atoms with Crippen LogP contribution in [0.2, 0.25) is 0 Å². The van der Waals surface area contributed by atoms with Gasteiger partial charge in [-0.3, -0.25) is 4.21 Å². The van der Waals surface area contributed by atoms with Crippen LogP contribution < -0.4 is 5.73 Å². The van der Waals surface area contributed by atoms with Gasteiger partial charge in [0.15, 0.2) is 0 Å². The van der Waals surface area contributed by atoms with Crippen LogP contribution in [0.15, 0.2) is 59.5 Å². The lowest BCUT2D eigenvalue weighted by atomic mass is 10.0. The molecule has 0 amide bonds. The van der Waals surface area contributed by atoms with E-state index in [0.29, 0.717) is 17.2 Å². The summed E-state index contributed by atoms with van der Waals surface area (Å²) in [5.74, 6) is 0.0596. The molecule has 0 fully saturated rings. The van der Waals surface area contributed by atoms with E-state index in [1.165, 1.54) is 12.1 Å². The van der Waals surface area contributed by atoms with Crippen LogP contribution in [0.5, 0.6) is 0 Å². The molecule has 2 rings (SSSR count). The van der Waals surface area contributed by atoms with Crippen molar-refractivity contribution in [2.75, 3.05) is 12.3 Å². The highest BCUT2D eigenvalue weighted by Gasteiger charge is 2.15. The van der Waals surface area contributed by atoms with Crippen molar-refractivity contribution in [3.63, 3.8) is 0 Å². The fourth-order valence-corrected chi connectivity index (χ4v) is 3.27. The highest BCUT2D eigenvalue weighted by Crippen LogP contribution is 2.19. The molecule has 0 aliphatic heterocycles. The van der Waals surface area contributed by atoms with Crippen molar-refractivity contribution in [2.24, 2.45) is 5.73 Å². The second-order valence-corrected chi connectivity index (χ2v) is 5.81. The van der Waals surface area contributed by atoms with Crippen LogP contribution in [0.3, 0.4) is 0 Å². The first-order valence-electron chi connectivity index (χ1n) is 6.09. The SMILES string of the molecule is NCC(CS(=O)c1cccc(F)c1)c1ccccc1. The van der Waals surface area contributed by atoms with Gasteiger partial charge in [-0.05, 0) is 23.8 Å². The van der Waals surface area contributed by atoms with Gasteiger partial charge in [-0.15, -0.1) is 0 Å². The van der Waals surface area contributed by atoms with Gasteiger partial charge in [-0.2, -0.15) is 0 Å². The molecule has 2 aromatic rings. The molecule has 0 aliphatic carbocycles. The molecule has 0 heterocycles. The van der Waals surface area contributed by atoms with Gasteiger partial charge in [-0.1, -0.05) is 36.4 Å². The Bertz CT molecular complexity index is 559.